The first-order chi connectivity index (χ1) is 9.77. The second-order valence-corrected chi connectivity index (χ2v) is 3.29. The quantitative estimate of drug-likeness (QED) is 0.206. The van der Waals surface area contributed by atoms with Crippen LogP contribution in [0.5, 0.6) is 0 Å². The van der Waals surface area contributed by atoms with E-state index in [-0.39, 0.29) is 26.3 Å². The van der Waals surface area contributed by atoms with Crippen molar-refractivity contribution in [3.63, 3.8) is 0 Å². The summed E-state index contributed by atoms with van der Waals surface area (Å²) < 4.78 is 4.87. The predicted octanol–water partition coefficient (Wildman–Crippen LogP) is -1.78. The number of ether oxygens (including phenoxy) is 1. The van der Waals surface area contributed by atoms with E-state index in [2.05, 4.69) is 9.98 Å². The highest BCUT2D eigenvalue weighted by atomic mass is 16.5. The Morgan fingerprint density at radius 1 is 0.667 bits per heavy atom. The summed E-state index contributed by atoms with van der Waals surface area (Å²) in [7, 11) is 0. The van der Waals surface area contributed by atoms with Crippen LogP contribution in [-0.2, 0) is 23.9 Å². The van der Waals surface area contributed by atoms with Crippen LogP contribution >= 0.6 is 0 Å². The third-order valence-electron chi connectivity index (χ3n) is 1.82. The van der Waals surface area contributed by atoms with Crippen molar-refractivity contribution in [1.29, 1.82) is 0 Å². The van der Waals surface area contributed by atoms with Crippen LogP contribution in [0.2, 0.25) is 0 Å². The third kappa shape index (κ3) is 7.37. The first kappa shape index (κ1) is 18.2. The zero-order valence-electron chi connectivity index (χ0n) is 10.6. The lowest BCUT2D eigenvalue weighted by atomic mass is 10.4. The van der Waals surface area contributed by atoms with Crippen molar-refractivity contribution in [3.05, 3.63) is 0 Å². The lowest BCUT2D eigenvalue weighted by molar-refractivity contribution is -0.136. The summed E-state index contributed by atoms with van der Waals surface area (Å²) in [6, 6.07) is 0. The SMILES string of the molecule is O=C(O)C(=NCCOCCN=C(C(=O)O)C(=O)O)C(=O)O. The van der Waals surface area contributed by atoms with Crippen molar-refractivity contribution in [3.8, 4) is 0 Å². The molecule has 0 radical (unpaired) electrons. The van der Waals surface area contributed by atoms with Crippen molar-refractivity contribution in [2.45, 2.75) is 0 Å². The fraction of sp³-hybridized carbons (Fsp3) is 0.400. The smallest absolute Gasteiger partial charge is 0.361 e. The monoisotopic (exact) mass is 304 g/mol. The van der Waals surface area contributed by atoms with Crippen LogP contribution < -0.4 is 0 Å². The maximum atomic E-state index is 10.4. The van der Waals surface area contributed by atoms with Crippen LogP contribution in [0.25, 0.3) is 0 Å². The maximum absolute atomic E-state index is 10.4. The van der Waals surface area contributed by atoms with Gasteiger partial charge in [0.15, 0.2) is 0 Å². The Balaban J connectivity index is 4.13. The zero-order valence-corrected chi connectivity index (χ0v) is 10.6. The number of carbonyl (C=O) groups is 4. The molecule has 0 bridgehead atoms. The molecular weight excluding hydrogens is 292 g/mol. The van der Waals surface area contributed by atoms with Crippen molar-refractivity contribution >= 4 is 35.3 Å². The largest absolute Gasteiger partial charge is 0.476 e. The number of hydrogen-bond acceptors (Lipinski definition) is 7. The molecule has 0 fully saturated rings. The van der Waals surface area contributed by atoms with E-state index in [4.69, 9.17) is 25.2 Å². The Kier molecular flexibility index (Phi) is 7.91. The van der Waals surface area contributed by atoms with Gasteiger partial charge in [-0.3, -0.25) is 9.98 Å². The normalized spacial score (nSPS) is 9.52. The van der Waals surface area contributed by atoms with Crippen molar-refractivity contribution < 1.29 is 44.3 Å². The highest BCUT2D eigenvalue weighted by molar-refractivity contribution is 6.62. The van der Waals surface area contributed by atoms with Crippen molar-refractivity contribution in [1.82, 2.24) is 0 Å². The molecule has 0 atom stereocenters. The lowest BCUT2D eigenvalue weighted by Gasteiger charge is -2.00. The Bertz CT molecular complexity index is 419. The third-order valence-corrected chi connectivity index (χ3v) is 1.82. The summed E-state index contributed by atoms with van der Waals surface area (Å²) in [4.78, 5) is 48.3. The van der Waals surface area contributed by atoms with Gasteiger partial charge in [-0.1, -0.05) is 0 Å². The standard InChI is InChI=1S/C10H12N2O9/c13-7(14)5(8(15)16)11-1-3-21-4-2-12-6(9(17)18)10(19)20/h1-4H2,(H,13,14)(H,15,16)(H,17,18)(H,19,20). The number of nitrogens with zero attached hydrogens (tertiary/aromatic N) is 2. The number of carboxylic acid groups (broad SMARTS) is 4. The van der Waals surface area contributed by atoms with Crippen LogP contribution in [0.1, 0.15) is 0 Å². The summed E-state index contributed by atoms with van der Waals surface area (Å²) in [6.45, 7) is -0.727. The van der Waals surface area contributed by atoms with E-state index in [1.807, 2.05) is 0 Å². The topological polar surface area (TPSA) is 183 Å². The van der Waals surface area contributed by atoms with Crippen molar-refractivity contribution in [2.24, 2.45) is 9.98 Å². The fourth-order valence-electron chi connectivity index (χ4n) is 1.000. The minimum atomic E-state index is -1.68. The number of carboxylic acids is 4. The molecule has 0 aliphatic heterocycles. The molecule has 116 valence electrons. The minimum Gasteiger partial charge on any atom is -0.476 e. The Morgan fingerprint density at radius 3 is 1.19 bits per heavy atom. The summed E-state index contributed by atoms with van der Waals surface area (Å²) in [5.74, 6) is -6.72. The molecule has 0 saturated carbocycles. The second kappa shape index (κ2) is 9.14. The number of aliphatic carboxylic acids is 4. The van der Waals surface area contributed by atoms with Gasteiger partial charge in [0.2, 0.25) is 11.4 Å². The van der Waals surface area contributed by atoms with Crippen LogP contribution in [0.4, 0.5) is 0 Å². The molecule has 0 aromatic carbocycles. The zero-order chi connectivity index (χ0) is 16.4. The molecule has 0 aliphatic rings. The molecule has 4 N–H and O–H groups in total. The maximum Gasteiger partial charge on any atom is 0.361 e. The molecule has 11 nitrogen and oxygen atoms in total. The van der Waals surface area contributed by atoms with Gasteiger partial charge in [-0.15, -0.1) is 0 Å². The first-order valence-corrected chi connectivity index (χ1v) is 5.37. The van der Waals surface area contributed by atoms with Gasteiger partial charge in [0.25, 0.3) is 0 Å². The Morgan fingerprint density at radius 2 is 0.952 bits per heavy atom. The van der Waals surface area contributed by atoms with E-state index < -0.39 is 35.3 Å². The average molecular weight is 304 g/mol. The van der Waals surface area contributed by atoms with E-state index in [9.17, 15) is 19.2 Å². The van der Waals surface area contributed by atoms with Crippen LogP contribution in [0, 0.1) is 0 Å². The first-order valence-electron chi connectivity index (χ1n) is 5.37. The highest BCUT2D eigenvalue weighted by Crippen LogP contribution is 1.86. The molecule has 0 rings (SSSR count). The summed E-state index contributed by atoms with van der Waals surface area (Å²) >= 11 is 0. The summed E-state index contributed by atoms with van der Waals surface area (Å²) in [5, 5.41) is 33.9. The summed E-state index contributed by atoms with van der Waals surface area (Å²) in [5.41, 5.74) is -2.06. The predicted molar refractivity (Wildman–Crippen MR) is 66.0 cm³/mol. The van der Waals surface area contributed by atoms with E-state index in [0.717, 1.165) is 0 Å². The van der Waals surface area contributed by atoms with Gasteiger partial charge in [-0.25, -0.2) is 19.2 Å². The van der Waals surface area contributed by atoms with Gasteiger partial charge in [0, 0.05) is 0 Å². The molecular formula is C10H12N2O9. The Hall–Kier alpha value is -2.82. The minimum absolute atomic E-state index is 0.130. The molecule has 0 aromatic rings. The van der Waals surface area contributed by atoms with Gasteiger partial charge < -0.3 is 25.2 Å². The average Bonchev–Trinajstić information content (AvgIpc) is 2.34. The fourth-order valence-corrected chi connectivity index (χ4v) is 1.000. The van der Waals surface area contributed by atoms with E-state index in [1.165, 1.54) is 0 Å². The molecule has 0 saturated heterocycles. The van der Waals surface area contributed by atoms with E-state index in [1.54, 1.807) is 0 Å². The number of hydrogen-bond donors (Lipinski definition) is 4. The molecule has 0 aromatic heterocycles. The molecule has 0 heterocycles. The van der Waals surface area contributed by atoms with Gasteiger partial charge in [0.05, 0.1) is 26.3 Å². The number of rotatable bonds is 10. The summed E-state index contributed by atoms with van der Waals surface area (Å²) in [6.07, 6.45) is 0. The van der Waals surface area contributed by atoms with Crippen molar-refractivity contribution in [2.75, 3.05) is 26.3 Å². The molecule has 11 heteroatoms. The lowest BCUT2D eigenvalue weighted by Crippen LogP contribution is -2.24. The highest BCUT2D eigenvalue weighted by Gasteiger charge is 2.18. The molecule has 0 aliphatic carbocycles. The van der Waals surface area contributed by atoms with Gasteiger partial charge in [-0.2, -0.15) is 0 Å². The van der Waals surface area contributed by atoms with Gasteiger partial charge in [-0.05, 0) is 0 Å². The van der Waals surface area contributed by atoms with Crippen LogP contribution in [0.15, 0.2) is 9.98 Å². The van der Waals surface area contributed by atoms with E-state index in [0.29, 0.717) is 0 Å². The molecule has 0 spiro atoms. The van der Waals surface area contributed by atoms with Crippen LogP contribution in [0.3, 0.4) is 0 Å². The molecule has 21 heavy (non-hydrogen) atoms. The second-order valence-electron chi connectivity index (χ2n) is 3.29. The Labute approximate surface area is 117 Å². The van der Waals surface area contributed by atoms with Gasteiger partial charge >= 0.3 is 23.9 Å². The number of aliphatic imine (C=N–C) groups is 2. The molecule has 0 unspecified atom stereocenters. The molecule has 0 amide bonds. The van der Waals surface area contributed by atoms with Gasteiger partial charge in [0.1, 0.15) is 0 Å². The van der Waals surface area contributed by atoms with E-state index >= 15 is 0 Å². The van der Waals surface area contributed by atoms with Crippen LogP contribution in [-0.4, -0.2) is 82.0 Å².